The SMILES string of the molecule is N#Cc1ncn(-c2c(C#N)cnc3ccccc23)n1. The summed E-state index contributed by atoms with van der Waals surface area (Å²) in [5, 5.41) is 22.8. The van der Waals surface area contributed by atoms with E-state index in [0.29, 0.717) is 11.3 Å². The zero-order chi connectivity index (χ0) is 13.2. The van der Waals surface area contributed by atoms with Gasteiger partial charge in [-0.25, -0.2) is 9.67 Å². The number of nitriles is 2. The van der Waals surface area contributed by atoms with Gasteiger partial charge in [0.05, 0.1) is 16.8 Å². The third-order valence-corrected chi connectivity index (χ3v) is 2.69. The Balaban J connectivity index is 2.38. The van der Waals surface area contributed by atoms with Gasteiger partial charge < -0.3 is 0 Å². The summed E-state index contributed by atoms with van der Waals surface area (Å²) in [7, 11) is 0. The predicted molar refractivity (Wildman–Crippen MR) is 66.1 cm³/mol. The summed E-state index contributed by atoms with van der Waals surface area (Å²) in [6, 6.07) is 11.4. The summed E-state index contributed by atoms with van der Waals surface area (Å²) < 4.78 is 1.43. The normalized spacial score (nSPS) is 10.0. The topological polar surface area (TPSA) is 91.2 Å². The molecule has 1 aromatic carbocycles. The monoisotopic (exact) mass is 246 g/mol. The Labute approximate surface area is 108 Å². The highest BCUT2D eigenvalue weighted by molar-refractivity contribution is 5.89. The Kier molecular flexibility index (Phi) is 2.41. The van der Waals surface area contributed by atoms with E-state index >= 15 is 0 Å². The first-order valence-electron chi connectivity index (χ1n) is 5.43. The minimum atomic E-state index is 0.0600. The van der Waals surface area contributed by atoms with Crippen LogP contribution in [0.15, 0.2) is 36.8 Å². The van der Waals surface area contributed by atoms with E-state index in [1.54, 1.807) is 0 Å². The van der Waals surface area contributed by atoms with Crippen LogP contribution >= 0.6 is 0 Å². The molecule has 3 rings (SSSR count). The number of aromatic nitrogens is 4. The van der Waals surface area contributed by atoms with Gasteiger partial charge in [0.15, 0.2) is 0 Å². The van der Waals surface area contributed by atoms with Crippen LogP contribution < -0.4 is 0 Å². The van der Waals surface area contributed by atoms with Crippen molar-refractivity contribution in [3.8, 4) is 17.8 Å². The van der Waals surface area contributed by atoms with Crippen LogP contribution in [0.5, 0.6) is 0 Å². The molecule has 0 fully saturated rings. The van der Waals surface area contributed by atoms with E-state index < -0.39 is 0 Å². The summed E-state index contributed by atoms with van der Waals surface area (Å²) in [5.74, 6) is 0.0600. The first-order chi connectivity index (χ1) is 9.33. The number of benzene rings is 1. The van der Waals surface area contributed by atoms with Crippen molar-refractivity contribution in [1.29, 1.82) is 10.5 Å². The molecule has 6 heteroatoms. The number of hydrogen-bond donors (Lipinski definition) is 0. The highest BCUT2D eigenvalue weighted by Crippen LogP contribution is 2.23. The molecule has 3 aromatic rings. The molecule has 0 amide bonds. The van der Waals surface area contributed by atoms with Crippen molar-refractivity contribution < 1.29 is 0 Å². The number of fused-ring (bicyclic) bond motifs is 1. The summed E-state index contributed by atoms with van der Waals surface area (Å²) in [6.07, 6.45) is 2.91. The van der Waals surface area contributed by atoms with Crippen LogP contribution in [0.1, 0.15) is 11.4 Å². The third-order valence-electron chi connectivity index (χ3n) is 2.69. The Hall–Kier alpha value is -3.25. The molecule has 0 radical (unpaired) electrons. The summed E-state index contributed by atoms with van der Waals surface area (Å²) >= 11 is 0. The average Bonchev–Trinajstić information content (AvgIpc) is 2.94. The van der Waals surface area contributed by atoms with E-state index in [1.807, 2.05) is 30.3 Å². The number of rotatable bonds is 1. The summed E-state index contributed by atoms with van der Waals surface area (Å²) in [5.41, 5.74) is 1.72. The zero-order valence-electron chi connectivity index (χ0n) is 9.65. The van der Waals surface area contributed by atoms with Crippen LogP contribution in [0.2, 0.25) is 0 Å². The molecule has 0 aliphatic heterocycles. The maximum Gasteiger partial charge on any atom is 0.252 e. The quantitative estimate of drug-likeness (QED) is 0.649. The maximum absolute atomic E-state index is 9.19. The first-order valence-corrected chi connectivity index (χ1v) is 5.43. The summed E-state index contributed by atoms with van der Waals surface area (Å²) in [6.45, 7) is 0. The van der Waals surface area contributed by atoms with E-state index in [0.717, 1.165) is 10.9 Å². The molecule has 2 heterocycles. The third kappa shape index (κ3) is 1.68. The smallest absolute Gasteiger partial charge is 0.252 e. The largest absolute Gasteiger partial charge is 0.255 e. The van der Waals surface area contributed by atoms with Crippen molar-refractivity contribution >= 4 is 10.9 Å². The molecule has 0 atom stereocenters. The van der Waals surface area contributed by atoms with E-state index in [4.69, 9.17) is 5.26 Å². The summed E-state index contributed by atoms with van der Waals surface area (Å²) in [4.78, 5) is 8.07. The zero-order valence-corrected chi connectivity index (χ0v) is 9.65. The molecule has 0 unspecified atom stereocenters. The van der Waals surface area contributed by atoms with E-state index in [1.165, 1.54) is 17.2 Å². The Morgan fingerprint density at radius 3 is 2.63 bits per heavy atom. The molecule has 88 valence electrons. The van der Waals surface area contributed by atoms with E-state index in [-0.39, 0.29) is 5.82 Å². The van der Waals surface area contributed by atoms with Gasteiger partial charge in [-0.1, -0.05) is 18.2 Å². The van der Waals surface area contributed by atoms with Crippen LogP contribution in [0.25, 0.3) is 16.6 Å². The molecule has 19 heavy (non-hydrogen) atoms. The Bertz CT molecular complexity index is 849. The number of para-hydroxylation sites is 1. The second-order valence-corrected chi connectivity index (χ2v) is 3.77. The molecule has 0 spiro atoms. The van der Waals surface area contributed by atoms with Crippen molar-refractivity contribution in [2.75, 3.05) is 0 Å². The van der Waals surface area contributed by atoms with Gasteiger partial charge in [-0.2, -0.15) is 10.5 Å². The van der Waals surface area contributed by atoms with Crippen molar-refractivity contribution in [3.05, 3.63) is 48.2 Å². The van der Waals surface area contributed by atoms with Crippen LogP contribution in [-0.4, -0.2) is 19.7 Å². The second kappa shape index (κ2) is 4.21. The fourth-order valence-corrected chi connectivity index (χ4v) is 1.88. The lowest BCUT2D eigenvalue weighted by molar-refractivity contribution is 0.875. The lowest BCUT2D eigenvalue weighted by atomic mass is 10.1. The minimum Gasteiger partial charge on any atom is -0.255 e. The van der Waals surface area contributed by atoms with Crippen molar-refractivity contribution in [2.45, 2.75) is 0 Å². The molecule has 0 aliphatic rings. The van der Waals surface area contributed by atoms with Gasteiger partial charge in [0.1, 0.15) is 18.5 Å². The van der Waals surface area contributed by atoms with Crippen molar-refractivity contribution in [3.63, 3.8) is 0 Å². The Morgan fingerprint density at radius 1 is 1.05 bits per heavy atom. The molecule has 0 saturated heterocycles. The van der Waals surface area contributed by atoms with Gasteiger partial charge in [-0.15, -0.1) is 5.10 Å². The predicted octanol–water partition coefficient (Wildman–Crippen LogP) is 1.56. The minimum absolute atomic E-state index is 0.0600. The average molecular weight is 246 g/mol. The molecule has 0 bridgehead atoms. The van der Waals surface area contributed by atoms with E-state index in [2.05, 4.69) is 21.1 Å². The number of nitrogens with zero attached hydrogens (tertiary/aromatic N) is 6. The van der Waals surface area contributed by atoms with Crippen LogP contribution in [-0.2, 0) is 0 Å². The number of hydrogen-bond acceptors (Lipinski definition) is 5. The van der Waals surface area contributed by atoms with Gasteiger partial charge in [0.25, 0.3) is 5.82 Å². The van der Waals surface area contributed by atoms with Crippen LogP contribution in [0.3, 0.4) is 0 Å². The highest BCUT2D eigenvalue weighted by Gasteiger charge is 2.12. The molecule has 6 nitrogen and oxygen atoms in total. The van der Waals surface area contributed by atoms with E-state index in [9.17, 15) is 5.26 Å². The maximum atomic E-state index is 9.19. The second-order valence-electron chi connectivity index (χ2n) is 3.77. The van der Waals surface area contributed by atoms with Gasteiger partial charge in [0.2, 0.25) is 0 Å². The van der Waals surface area contributed by atoms with Crippen LogP contribution in [0, 0.1) is 22.7 Å². The van der Waals surface area contributed by atoms with Crippen molar-refractivity contribution in [2.24, 2.45) is 0 Å². The van der Waals surface area contributed by atoms with Crippen LogP contribution in [0.4, 0.5) is 0 Å². The lowest BCUT2D eigenvalue weighted by Crippen LogP contribution is -2.01. The first kappa shape index (κ1) is 10.9. The Morgan fingerprint density at radius 2 is 1.89 bits per heavy atom. The van der Waals surface area contributed by atoms with Gasteiger partial charge in [0, 0.05) is 11.6 Å². The fraction of sp³-hybridized carbons (Fsp3) is 0. The lowest BCUT2D eigenvalue weighted by Gasteiger charge is -2.07. The molecule has 0 N–H and O–H groups in total. The van der Waals surface area contributed by atoms with Gasteiger partial charge in [-0.05, 0) is 6.07 Å². The molecule has 2 aromatic heterocycles. The molecular formula is C13H6N6. The standard InChI is InChI=1S/C13H6N6/c14-5-9-7-16-11-4-2-1-3-10(11)13(9)19-8-17-12(6-15)18-19/h1-4,7-8H. The molecular weight excluding hydrogens is 240 g/mol. The molecule has 0 saturated carbocycles. The fourth-order valence-electron chi connectivity index (χ4n) is 1.88. The van der Waals surface area contributed by atoms with Crippen molar-refractivity contribution in [1.82, 2.24) is 19.7 Å². The van der Waals surface area contributed by atoms with Gasteiger partial charge >= 0.3 is 0 Å². The number of pyridine rings is 1. The van der Waals surface area contributed by atoms with Gasteiger partial charge in [-0.3, -0.25) is 4.98 Å². The highest BCUT2D eigenvalue weighted by atomic mass is 15.3. The molecule has 0 aliphatic carbocycles.